The average Bonchev–Trinajstić information content (AvgIpc) is 2.53. The monoisotopic (exact) mass is 314 g/mol. The lowest BCUT2D eigenvalue weighted by Crippen LogP contribution is -2.11. The number of aromatic nitrogens is 3. The number of hydrogen-bond acceptors (Lipinski definition) is 8. The second-order valence-corrected chi connectivity index (χ2v) is 4.80. The summed E-state index contributed by atoms with van der Waals surface area (Å²) in [5.74, 6) is 1.37. The Balaban J connectivity index is 2.19. The molecule has 0 saturated carbocycles. The summed E-state index contributed by atoms with van der Waals surface area (Å²) in [6.45, 7) is 7.29. The van der Waals surface area contributed by atoms with Crippen LogP contribution in [0.1, 0.15) is 26.3 Å². The van der Waals surface area contributed by atoms with Crippen LogP contribution in [0.25, 0.3) is 0 Å². The summed E-state index contributed by atoms with van der Waals surface area (Å²) in [6.07, 6.45) is 0. The summed E-state index contributed by atoms with van der Waals surface area (Å²) in [4.78, 5) is 12.8. The molecule has 0 aliphatic rings. The molecule has 2 aromatic rings. The molecule has 1 heterocycles. The van der Waals surface area contributed by atoms with E-state index in [1.807, 2.05) is 45.0 Å². The van der Waals surface area contributed by atoms with Crippen molar-refractivity contribution in [2.45, 2.75) is 20.8 Å². The van der Waals surface area contributed by atoms with Crippen molar-refractivity contribution in [1.29, 1.82) is 0 Å². The SMILES string of the molecule is CCNc1nc(NCC)nc(N/N=C(\C)c2cccc(N)c2)n1. The Hall–Kier alpha value is -2.90. The highest BCUT2D eigenvalue weighted by Gasteiger charge is 2.05. The Morgan fingerprint density at radius 1 is 1.04 bits per heavy atom. The first-order valence-electron chi connectivity index (χ1n) is 7.52. The molecule has 0 radical (unpaired) electrons. The summed E-state index contributed by atoms with van der Waals surface area (Å²) in [5.41, 5.74) is 11.1. The Kier molecular flexibility index (Phi) is 5.67. The van der Waals surface area contributed by atoms with Crippen LogP contribution >= 0.6 is 0 Å². The topological polar surface area (TPSA) is 113 Å². The molecule has 5 N–H and O–H groups in total. The minimum Gasteiger partial charge on any atom is -0.399 e. The summed E-state index contributed by atoms with van der Waals surface area (Å²) in [5, 5.41) is 10.4. The number of benzene rings is 1. The number of hydrazone groups is 1. The largest absolute Gasteiger partial charge is 0.399 e. The second kappa shape index (κ2) is 7.92. The smallest absolute Gasteiger partial charge is 0.250 e. The van der Waals surface area contributed by atoms with Crippen molar-refractivity contribution in [2.24, 2.45) is 5.10 Å². The third-order valence-electron chi connectivity index (χ3n) is 2.93. The molecule has 0 fully saturated rings. The predicted molar refractivity (Wildman–Crippen MR) is 94.8 cm³/mol. The molecule has 23 heavy (non-hydrogen) atoms. The van der Waals surface area contributed by atoms with E-state index in [2.05, 4.69) is 36.1 Å². The van der Waals surface area contributed by atoms with Crippen molar-refractivity contribution in [3.8, 4) is 0 Å². The molecule has 122 valence electrons. The number of nitrogen functional groups attached to an aromatic ring is 1. The summed E-state index contributed by atoms with van der Waals surface area (Å²) < 4.78 is 0. The van der Waals surface area contributed by atoms with E-state index in [9.17, 15) is 0 Å². The molecule has 0 unspecified atom stereocenters. The van der Waals surface area contributed by atoms with E-state index in [0.717, 1.165) is 24.4 Å². The maximum Gasteiger partial charge on any atom is 0.250 e. The second-order valence-electron chi connectivity index (χ2n) is 4.80. The molecule has 1 aromatic heterocycles. The zero-order valence-electron chi connectivity index (χ0n) is 13.6. The molecular formula is C15H22N8. The molecule has 0 aliphatic carbocycles. The van der Waals surface area contributed by atoms with Crippen molar-refractivity contribution in [3.05, 3.63) is 29.8 Å². The lowest BCUT2D eigenvalue weighted by atomic mass is 10.1. The van der Waals surface area contributed by atoms with Gasteiger partial charge in [-0.05, 0) is 38.5 Å². The summed E-state index contributed by atoms with van der Waals surface area (Å²) in [6, 6.07) is 7.53. The van der Waals surface area contributed by atoms with E-state index in [1.54, 1.807) is 0 Å². The Morgan fingerprint density at radius 3 is 2.22 bits per heavy atom. The van der Waals surface area contributed by atoms with Gasteiger partial charge in [-0.15, -0.1) is 0 Å². The molecule has 1 aromatic carbocycles. The van der Waals surface area contributed by atoms with Crippen LogP contribution in [-0.2, 0) is 0 Å². The van der Waals surface area contributed by atoms with Crippen molar-refractivity contribution < 1.29 is 0 Å². The number of nitrogens with zero attached hydrogens (tertiary/aromatic N) is 4. The first-order valence-corrected chi connectivity index (χ1v) is 7.52. The highest BCUT2D eigenvalue weighted by atomic mass is 15.4. The van der Waals surface area contributed by atoms with Crippen molar-refractivity contribution in [1.82, 2.24) is 15.0 Å². The first kappa shape index (κ1) is 16.5. The van der Waals surface area contributed by atoms with Crippen LogP contribution in [-0.4, -0.2) is 33.8 Å². The molecule has 0 saturated heterocycles. The lowest BCUT2D eigenvalue weighted by molar-refractivity contribution is 0.991. The van der Waals surface area contributed by atoms with E-state index < -0.39 is 0 Å². The fourth-order valence-electron chi connectivity index (χ4n) is 1.86. The van der Waals surface area contributed by atoms with Gasteiger partial charge in [0.1, 0.15) is 0 Å². The van der Waals surface area contributed by atoms with Gasteiger partial charge in [0.05, 0.1) is 5.71 Å². The van der Waals surface area contributed by atoms with Crippen LogP contribution < -0.4 is 21.8 Å². The molecule has 0 aliphatic heterocycles. The lowest BCUT2D eigenvalue weighted by Gasteiger charge is -2.08. The molecule has 0 bridgehead atoms. The van der Waals surface area contributed by atoms with Crippen LogP contribution in [0.3, 0.4) is 0 Å². The van der Waals surface area contributed by atoms with Gasteiger partial charge in [-0.25, -0.2) is 5.43 Å². The van der Waals surface area contributed by atoms with Gasteiger partial charge in [0.2, 0.25) is 17.8 Å². The molecule has 0 atom stereocenters. The molecule has 8 nitrogen and oxygen atoms in total. The third-order valence-corrected chi connectivity index (χ3v) is 2.93. The minimum absolute atomic E-state index is 0.371. The summed E-state index contributed by atoms with van der Waals surface area (Å²) >= 11 is 0. The van der Waals surface area contributed by atoms with Gasteiger partial charge in [-0.3, -0.25) is 0 Å². The maximum absolute atomic E-state index is 5.79. The van der Waals surface area contributed by atoms with E-state index in [4.69, 9.17) is 5.73 Å². The van der Waals surface area contributed by atoms with Gasteiger partial charge in [-0.2, -0.15) is 20.1 Å². The van der Waals surface area contributed by atoms with Crippen LogP contribution in [0.15, 0.2) is 29.4 Å². The number of hydrogen-bond donors (Lipinski definition) is 4. The fourth-order valence-corrected chi connectivity index (χ4v) is 1.86. The predicted octanol–water partition coefficient (Wildman–Crippen LogP) is 2.15. The Bertz CT molecular complexity index is 659. The zero-order chi connectivity index (χ0) is 16.7. The number of anilines is 4. The van der Waals surface area contributed by atoms with E-state index in [0.29, 0.717) is 23.5 Å². The molecule has 0 amide bonds. The molecule has 0 spiro atoms. The Labute approximate surface area is 135 Å². The van der Waals surface area contributed by atoms with E-state index >= 15 is 0 Å². The molecule has 8 heteroatoms. The van der Waals surface area contributed by atoms with E-state index in [1.165, 1.54) is 0 Å². The average molecular weight is 314 g/mol. The van der Waals surface area contributed by atoms with Crippen molar-refractivity contribution in [3.63, 3.8) is 0 Å². The highest BCUT2D eigenvalue weighted by molar-refractivity contribution is 5.99. The van der Waals surface area contributed by atoms with Gasteiger partial charge >= 0.3 is 0 Å². The normalized spacial score (nSPS) is 11.2. The van der Waals surface area contributed by atoms with Crippen LogP contribution in [0.5, 0.6) is 0 Å². The molecule has 2 rings (SSSR count). The van der Waals surface area contributed by atoms with Gasteiger partial charge in [-0.1, -0.05) is 12.1 Å². The van der Waals surface area contributed by atoms with Crippen molar-refractivity contribution in [2.75, 3.05) is 34.9 Å². The van der Waals surface area contributed by atoms with Gasteiger partial charge in [0, 0.05) is 18.8 Å². The Morgan fingerprint density at radius 2 is 1.65 bits per heavy atom. The third kappa shape index (κ3) is 4.80. The van der Waals surface area contributed by atoms with Gasteiger partial charge in [0.25, 0.3) is 0 Å². The van der Waals surface area contributed by atoms with E-state index in [-0.39, 0.29) is 0 Å². The number of rotatable bonds is 7. The standard InChI is InChI=1S/C15H22N8/c1-4-17-13-19-14(18-5-2)21-15(20-13)23-22-10(3)11-7-6-8-12(16)9-11/h6-9H,4-5,16H2,1-3H3,(H3,17,18,19,20,21,23)/b22-10+. The van der Waals surface area contributed by atoms with Gasteiger partial charge < -0.3 is 16.4 Å². The van der Waals surface area contributed by atoms with Crippen LogP contribution in [0, 0.1) is 0 Å². The van der Waals surface area contributed by atoms with Crippen LogP contribution in [0.4, 0.5) is 23.5 Å². The fraction of sp³-hybridized carbons (Fsp3) is 0.333. The van der Waals surface area contributed by atoms with Crippen LogP contribution in [0.2, 0.25) is 0 Å². The quantitative estimate of drug-likeness (QED) is 0.352. The maximum atomic E-state index is 5.79. The van der Waals surface area contributed by atoms with Crippen molar-refractivity contribution >= 4 is 29.2 Å². The minimum atomic E-state index is 0.371. The number of nitrogens with one attached hydrogen (secondary N) is 3. The van der Waals surface area contributed by atoms with Gasteiger partial charge in [0.15, 0.2) is 0 Å². The number of nitrogens with two attached hydrogens (primary N) is 1. The summed E-state index contributed by atoms with van der Waals surface area (Å²) in [7, 11) is 0. The first-order chi connectivity index (χ1) is 11.1. The highest BCUT2D eigenvalue weighted by Crippen LogP contribution is 2.11. The molecular weight excluding hydrogens is 292 g/mol. The zero-order valence-corrected chi connectivity index (χ0v) is 13.6.